The monoisotopic (exact) mass is 490 g/mol. The smallest absolute Gasteiger partial charge is 0.331 e. The fourth-order valence-electron chi connectivity index (χ4n) is 5.46. The Morgan fingerprint density at radius 2 is 1.71 bits per heavy atom. The SMILES string of the molecule is C=C1[C@H]2[C@@H]([C@@H]([C@H](C)OC(C)=O)C(=O)[C@H]2OC(=O)C(C)CC)[C@H](C(C)C)C[C@H]1OC(=O)/C=C(\C)CC. The van der Waals surface area contributed by atoms with E-state index in [0.717, 1.165) is 12.0 Å². The number of ether oxygens (including phenoxy) is 3. The number of ketones is 1. The van der Waals surface area contributed by atoms with Crippen molar-refractivity contribution in [3.8, 4) is 0 Å². The van der Waals surface area contributed by atoms with Gasteiger partial charge in [0.1, 0.15) is 12.2 Å². The van der Waals surface area contributed by atoms with Crippen LogP contribution in [0.1, 0.15) is 74.7 Å². The van der Waals surface area contributed by atoms with Crippen molar-refractivity contribution >= 4 is 23.7 Å². The summed E-state index contributed by atoms with van der Waals surface area (Å²) in [6.45, 7) is 18.9. The molecule has 2 saturated carbocycles. The van der Waals surface area contributed by atoms with E-state index in [0.29, 0.717) is 18.4 Å². The molecule has 0 aromatic carbocycles. The normalized spacial score (nSPS) is 30.5. The van der Waals surface area contributed by atoms with Crippen LogP contribution < -0.4 is 0 Å². The molecular formula is C28H42O7. The molecule has 0 amide bonds. The first-order valence-electron chi connectivity index (χ1n) is 12.8. The zero-order valence-electron chi connectivity index (χ0n) is 22.5. The minimum Gasteiger partial charge on any atom is -0.462 e. The summed E-state index contributed by atoms with van der Waals surface area (Å²) >= 11 is 0. The summed E-state index contributed by atoms with van der Waals surface area (Å²) in [5.41, 5.74) is 1.48. The van der Waals surface area contributed by atoms with E-state index in [1.165, 1.54) is 13.0 Å². The second kappa shape index (κ2) is 12.0. The highest BCUT2D eigenvalue weighted by Crippen LogP contribution is 2.54. The van der Waals surface area contributed by atoms with E-state index in [4.69, 9.17) is 14.2 Å². The number of carbonyl (C=O) groups excluding carboxylic acids is 4. The summed E-state index contributed by atoms with van der Waals surface area (Å²) in [6.07, 6.45) is 0.978. The lowest BCUT2D eigenvalue weighted by molar-refractivity contribution is -0.161. The van der Waals surface area contributed by atoms with Crippen molar-refractivity contribution < 1.29 is 33.4 Å². The zero-order valence-corrected chi connectivity index (χ0v) is 22.5. The molecule has 7 heteroatoms. The third-order valence-corrected chi connectivity index (χ3v) is 7.74. The van der Waals surface area contributed by atoms with Crippen molar-refractivity contribution in [1.82, 2.24) is 0 Å². The Morgan fingerprint density at radius 3 is 2.23 bits per heavy atom. The third kappa shape index (κ3) is 6.42. The molecule has 35 heavy (non-hydrogen) atoms. The third-order valence-electron chi connectivity index (χ3n) is 7.74. The molecule has 196 valence electrons. The predicted molar refractivity (Wildman–Crippen MR) is 132 cm³/mol. The molecule has 2 aliphatic carbocycles. The lowest BCUT2D eigenvalue weighted by Crippen LogP contribution is -2.45. The lowest BCUT2D eigenvalue weighted by Gasteiger charge is -2.44. The van der Waals surface area contributed by atoms with Crippen LogP contribution in [0.4, 0.5) is 0 Å². The maximum Gasteiger partial charge on any atom is 0.331 e. The van der Waals surface area contributed by atoms with E-state index in [-0.39, 0.29) is 29.5 Å². The van der Waals surface area contributed by atoms with Gasteiger partial charge < -0.3 is 14.2 Å². The van der Waals surface area contributed by atoms with E-state index < -0.39 is 48.1 Å². The molecule has 8 atom stereocenters. The Morgan fingerprint density at radius 1 is 1.09 bits per heavy atom. The van der Waals surface area contributed by atoms with E-state index in [2.05, 4.69) is 20.4 Å². The number of fused-ring (bicyclic) bond motifs is 1. The van der Waals surface area contributed by atoms with Crippen LogP contribution in [-0.2, 0) is 33.4 Å². The summed E-state index contributed by atoms with van der Waals surface area (Å²) in [4.78, 5) is 50.8. The molecule has 0 N–H and O–H groups in total. The molecule has 0 aromatic heterocycles. The van der Waals surface area contributed by atoms with Crippen molar-refractivity contribution in [3.63, 3.8) is 0 Å². The average Bonchev–Trinajstić information content (AvgIpc) is 3.06. The van der Waals surface area contributed by atoms with Gasteiger partial charge in [-0.1, -0.05) is 46.8 Å². The summed E-state index contributed by atoms with van der Waals surface area (Å²) in [6, 6.07) is 0. The first-order chi connectivity index (χ1) is 16.3. The summed E-state index contributed by atoms with van der Waals surface area (Å²) in [5.74, 6) is -3.27. The van der Waals surface area contributed by atoms with Crippen LogP contribution in [0.3, 0.4) is 0 Å². The van der Waals surface area contributed by atoms with Crippen LogP contribution in [0.2, 0.25) is 0 Å². The highest BCUT2D eigenvalue weighted by Gasteiger charge is 2.61. The molecule has 0 aromatic rings. The minimum atomic E-state index is -1.05. The van der Waals surface area contributed by atoms with Crippen LogP contribution >= 0.6 is 0 Å². The quantitative estimate of drug-likeness (QED) is 0.198. The molecule has 0 radical (unpaired) electrons. The largest absolute Gasteiger partial charge is 0.462 e. The summed E-state index contributed by atoms with van der Waals surface area (Å²) < 4.78 is 17.1. The predicted octanol–water partition coefficient (Wildman–Crippen LogP) is 4.83. The van der Waals surface area contributed by atoms with Crippen molar-refractivity contribution in [2.24, 2.45) is 35.5 Å². The van der Waals surface area contributed by atoms with Gasteiger partial charge in [0.05, 0.1) is 11.8 Å². The number of rotatable bonds is 9. The standard InChI is InChI=1S/C28H42O7/c1-10-15(5)12-22(30)34-21-13-20(14(3)4)25-23(17(21)7)27(35-28(32)16(6)11-2)26(31)24(25)18(8)33-19(9)29/h12,14,16,18,20-21,23-25,27H,7,10-11,13H2,1-6,8-9H3/b15-12+/t16?,18-,20-,21+,23-,24+,25-,27-/m0/s1. The number of Topliss-reactive ketones (excluding diaryl/α,β-unsaturated/α-hetero) is 1. The first kappa shape index (κ1) is 28.8. The molecule has 2 fully saturated rings. The van der Waals surface area contributed by atoms with Crippen molar-refractivity contribution in [1.29, 1.82) is 0 Å². The second-order valence-electron chi connectivity index (χ2n) is 10.5. The van der Waals surface area contributed by atoms with E-state index in [1.54, 1.807) is 13.8 Å². The Kier molecular flexibility index (Phi) is 9.87. The number of allylic oxidation sites excluding steroid dienone is 1. The molecule has 0 saturated heterocycles. The fraction of sp³-hybridized carbons (Fsp3) is 0.714. The highest BCUT2D eigenvalue weighted by molar-refractivity contribution is 5.92. The maximum atomic E-state index is 13.7. The Balaban J connectivity index is 2.50. The molecule has 2 rings (SSSR count). The summed E-state index contributed by atoms with van der Waals surface area (Å²) in [5, 5.41) is 0. The van der Waals surface area contributed by atoms with Gasteiger partial charge in [0, 0.05) is 18.9 Å². The number of esters is 3. The molecule has 2 aliphatic rings. The van der Waals surface area contributed by atoms with Gasteiger partial charge in [-0.05, 0) is 56.4 Å². The Labute approximate surface area is 209 Å². The molecule has 0 aliphatic heterocycles. The maximum absolute atomic E-state index is 13.7. The van der Waals surface area contributed by atoms with Crippen LogP contribution in [0.5, 0.6) is 0 Å². The summed E-state index contributed by atoms with van der Waals surface area (Å²) in [7, 11) is 0. The average molecular weight is 491 g/mol. The van der Waals surface area contributed by atoms with Gasteiger partial charge >= 0.3 is 17.9 Å². The number of hydrogen-bond acceptors (Lipinski definition) is 7. The Hall–Kier alpha value is -2.44. The van der Waals surface area contributed by atoms with Gasteiger partial charge in [-0.3, -0.25) is 14.4 Å². The van der Waals surface area contributed by atoms with Gasteiger partial charge in [-0.15, -0.1) is 0 Å². The molecule has 7 nitrogen and oxygen atoms in total. The van der Waals surface area contributed by atoms with E-state index in [1.807, 2.05) is 20.8 Å². The van der Waals surface area contributed by atoms with Crippen LogP contribution in [0.15, 0.2) is 23.8 Å². The molecule has 0 spiro atoms. The van der Waals surface area contributed by atoms with Crippen molar-refractivity contribution in [2.75, 3.05) is 0 Å². The fourth-order valence-corrected chi connectivity index (χ4v) is 5.46. The molecule has 0 heterocycles. The van der Waals surface area contributed by atoms with Crippen molar-refractivity contribution in [3.05, 3.63) is 23.8 Å². The number of hydrogen-bond donors (Lipinski definition) is 0. The van der Waals surface area contributed by atoms with Gasteiger partial charge in [-0.2, -0.15) is 0 Å². The molecular weight excluding hydrogens is 448 g/mol. The van der Waals surface area contributed by atoms with E-state index in [9.17, 15) is 19.2 Å². The number of carbonyl (C=O) groups is 4. The van der Waals surface area contributed by atoms with Crippen molar-refractivity contribution in [2.45, 2.75) is 93.0 Å². The molecule has 0 bridgehead atoms. The second-order valence-corrected chi connectivity index (χ2v) is 10.5. The first-order valence-corrected chi connectivity index (χ1v) is 12.8. The lowest BCUT2D eigenvalue weighted by atomic mass is 9.63. The van der Waals surface area contributed by atoms with Crippen LogP contribution in [-0.4, -0.2) is 42.0 Å². The molecule has 1 unspecified atom stereocenters. The van der Waals surface area contributed by atoms with Gasteiger partial charge in [-0.25, -0.2) is 4.79 Å². The van der Waals surface area contributed by atoms with Crippen LogP contribution in [0, 0.1) is 35.5 Å². The topological polar surface area (TPSA) is 96.0 Å². The van der Waals surface area contributed by atoms with Gasteiger partial charge in [0.25, 0.3) is 0 Å². The van der Waals surface area contributed by atoms with Gasteiger partial charge in [0.2, 0.25) is 0 Å². The van der Waals surface area contributed by atoms with E-state index >= 15 is 0 Å². The minimum absolute atomic E-state index is 0.0289. The van der Waals surface area contributed by atoms with Crippen LogP contribution in [0.25, 0.3) is 0 Å². The highest BCUT2D eigenvalue weighted by atomic mass is 16.6. The Bertz CT molecular complexity index is 871. The van der Waals surface area contributed by atoms with Gasteiger partial charge in [0.15, 0.2) is 11.9 Å². The zero-order chi connectivity index (χ0) is 26.6.